The molecule has 31 heavy (non-hydrogen) atoms. The van der Waals surface area contributed by atoms with Crippen molar-refractivity contribution in [1.29, 1.82) is 0 Å². The maximum Gasteiger partial charge on any atom is 0.353 e. The van der Waals surface area contributed by atoms with Crippen molar-refractivity contribution in [3.8, 4) is 22.8 Å². The Hall–Kier alpha value is -3.51. The van der Waals surface area contributed by atoms with Crippen LogP contribution in [0.5, 0.6) is 11.5 Å². The smallest absolute Gasteiger partial charge is 0.353 e. The normalized spacial score (nSPS) is 10.7. The second-order valence-corrected chi connectivity index (χ2v) is 7.94. The number of aromatic nitrogens is 1. The summed E-state index contributed by atoms with van der Waals surface area (Å²) in [4.78, 5) is 16.9. The third-order valence-electron chi connectivity index (χ3n) is 4.62. The highest BCUT2D eigenvalue weighted by molar-refractivity contribution is 7.99. The summed E-state index contributed by atoms with van der Waals surface area (Å²) in [6.45, 7) is 0.366. The van der Waals surface area contributed by atoms with Gasteiger partial charge in [0.15, 0.2) is 0 Å². The van der Waals surface area contributed by atoms with E-state index in [4.69, 9.17) is 9.15 Å². The highest BCUT2D eigenvalue weighted by Gasteiger charge is 2.13. The second kappa shape index (κ2) is 10.00. The third kappa shape index (κ3) is 5.55. The molecule has 4 rings (SSSR count). The van der Waals surface area contributed by atoms with Crippen LogP contribution >= 0.6 is 11.8 Å². The molecule has 0 unspecified atom stereocenters. The SMILES string of the molecule is O=c1oc(-c2ccc(OCc3ccccn3)cc2)cc(O)c1SCCc1ccccc1. The Balaban J connectivity index is 1.40. The van der Waals surface area contributed by atoms with Gasteiger partial charge < -0.3 is 14.3 Å². The minimum atomic E-state index is -0.538. The highest BCUT2D eigenvalue weighted by atomic mass is 32.2. The van der Waals surface area contributed by atoms with Crippen LogP contribution in [0.2, 0.25) is 0 Å². The molecule has 2 aromatic heterocycles. The number of aromatic hydroxyl groups is 1. The Bertz CT molecular complexity index is 1180. The third-order valence-corrected chi connectivity index (χ3v) is 5.69. The van der Waals surface area contributed by atoms with E-state index < -0.39 is 5.63 Å². The summed E-state index contributed by atoms with van der Waals surface area (Å²) >= 11 is 1.30. The molecule has 0 spiro atoms. The van der Waals surface area contributed by atoms with Crippen LogP contribution in [-0.2, 0) is 13.0 Å². The fourth-order valence-corrected chi connectivity index (χ4v) is 3.93. The lowest BCUT2D eigenvalue weighted by Crippen LogP contribution is -2.04. The van der Waals surface area contributed by atoms with Crippen LogP contribution in [0.1, 0.15) is 11.3 Å². The first kappa shape index (κ1) is 20.8. The van der Waals surface area contributed by atoms with Crippen molar-refractivity contribution in [2.75, 3.05) is 5.75 Å². The van der Waals surface area contributed by atoms with Crippen molar-refractivity contribution in [1.82, 2.24) is 4.98 Å². The standard InChI is InChI=1S/C25H21NO4S/c27-22-16-23(30-25(28)24(22)31-15-13-18-6-2-1-3-7-18)19-9-11-21(12-10-19)29-17-20-8-4-5-14-26-20/h1-12,14,16,27H,13,15,17H2. The topological polar surface area (TPSA) is 72.6 Å². The van der Waals surface area contributed by atoms with E-state index in [1.54, 1.807) is 30.5 Å². The number of ether oxygens (including phenoxy) is 1. The van der Waals surface area contributed by atoms with E-state index in [-0.39, 0.29) is 10.6 Å². The van der Waals surface area contributed by atoms with E-state index in [1.165, 1.54) is 23.4 Å². The average Bonchev–Trinajstić information content (AvgIpc) is 2.81. The minimum absolute atomic E-state index is 0.0696. The van der Waals surface area contributed by atoms with Gasteiger partial charge in [-0.2, -0.15) is 0 Å². The zero-order valence-electron chi connectivity index (χ0n) is 16.7. The minimum Gasteiger partial charge on any atom is -0.506 e. The molecule has 4 aromatic rings. The molecule has 6 heteroatoms. The Morgan fingerprint density at radius 1 is 0.968 bits per heavy atom. The van der Waals surface area contributed by atoms with Gasteiger partial charge in [-0.05, 0) is 48.4 Å². The molecule has 0 radical (unpaired) electrons. The molecule has 156 valence electrons. The summed E-state index contributed by atoms with van der Waals surface area (Å²) in [5, 5.41) is 10.4. The van der Waals surface area contributed by atoms with Crippen LogP contribution in [0.4, 0.5) is 0 Å². The first-order chi connectivity index (χ1) is 15.2. The molecular formula is C25H21NO4S. The van der Waals surface area contributed by atoms with E-state index in [0.717, 1.165) is 12.1 Å². The molecule has 0 saturated heterocycles. The van der Waals surface area contributed by atoms with Crippen molar-refractivity contribution >= 4 is 11.8 Å². The number of pyridine rings is 1. The van der Waals surface area contributed by atoms with Gasteiger partial charge in [0.1, 0.15) is 28.8 Å². The van der Waals surface area contributed by atoms with Crippen LogP contribution in [0.25, 0.3) is 11.3 Å². The molecule has 2 heterocycles. The largest absolute Gasteiger partial charge is 0.506 e. The van der Waals surface area contributed by atoms with Gasteiger partial charge >= 0.3 is 5.63 Å². The van der Waals surface area contributed by atoms with Gasteiger partial charge in [0.2, 0.25) is 0 Å². The fraction of sp³-hybridized carbons (Fsp3) is 0.120. The highest BCUT2D eigenvalue weighted by Crippen LogP contribution is 2.31. The number of aryl methyl sites for hydroxylation is 1. The summed E-state index contributed by atoms with van der Waals surface area (Å²) in [5.41, 5.74) is 2.16. The summed E-state index contributed by atoms with van der Waals surface area (Å²) in [5.74, 6) is 1.59. The van der Waals surface area contributed by atoms with Crippen LogP contribution in [0.15, 0.2) is 99.2 Å². The van der Waals surface area contributed by atoms with Gasteiger partial charge in [-0.25, -0.2) is 4.79 Å². The van der Waals surface area contributed by atoms with Crippen LogP contribution in [0.3, 0.4) is 0 Å². The van der Waals surface area contributed by atoms with E-state index in [9.17, 15) is 9.90 Å². The van der Waals surface area contributed by atoms with Crippen molar-refractivity contribution in [3.05, 3.63) is 107 Å². The van der Waals surface area contributed by atoms with Gasteiger partial charge in [0, 0.05) is 23.6 Å². The van der Waals surface area contributed by atoms with Crippen molar-refractivity contribution in [3.63, 3.8) is 0 Å². The van der Waals surface area contributed by atoms with E-state index in [0.29, 0.717) is 29.4 Å². The van der Waals surface area contributed by atoms with Gasteiger partial charge in [0.05, 0.1) is 5.69 Å². The molecule has 0 aliphatic carbocycles. The number of hydrogen-bond acceptors (Lipinski definition) is 6. The quantitative estimate of drug-likeness (QED) is 0.381. The number of hydrogen-bond donors (Lipinski definition) is 1. The average molecular weight is 432 g/mol. The Kier molecular flexibility index (Phi) is 6.69. The Morgan fingerprint density at radius 3 is 2.45 bits per heavy atom. The number of benzene rings is 2. The molecule has 0 aliphatic rings. The molecule has 0 amide bonds. The summed E-state index contributed by atoms with van der Waals surface area (Å²) in [6, 6.07) is 24.3. The van der Waals surface area contributed by atoms with E-state index in [2.05, 4.69) is 4.98 Å². The fourth-order valence-electron chi connectivity index (χ4n) is 3.02. The van der Waals surface area contributed by atoms with E-state index >= 15 is 0 Å². The summed E-state index contributed by atoms with van der Waals surface area (Å²) in [6.07, 6.45) is 2.52. The van der Waals surface area contributed by atoms with Gasteiger partial charge in [-0.15, -0.1) is 11.8 Å². The van der Waals surface area contributed by atoms with Gasteiger partial charge in [-0.1, -0.05) is 36.4 Å². The van der Waals surface area contributed by atoms with Gasteiger partial charge in [-0.3, -0.25) is 4.98 Å². The van der Waals surface area contributed by atoms with Crippen molar-refractivity contribution in [2.24, 2.45) is 0 Å². The molecule has 0 saturated carbocycles. The maximum absolute atomic E-state index is 12.4. The molecule has 5 nitrogen and oxygen atoms in total. The number of thioether (sulfide) groups is 1. The summed E-state index contributed by atoms with van der Waals surface area (Å²) in [7, 11) is 0. The number of nitrogens with zero attached hydrogens (tertiary/aromatic N) is 1. The monoisotopic (exact) mass is 431 g/mol. The lowest BCUT2D eigenvalue weighted by molar-refractivity contribution is 0.301. The predicted octanol–water partition coefficient (Wildman–Crippen LogP) is 5.32. The lowest BCUT2D eigenvalue weighted by Gasteiger charge is -2.08. The molecule has 1 N–H and O–H groups in total. The molecule has 0 aliphatic heterocycles. The zero-order chi connectivity index (χ0) is 21.5. The molecular weight excluding hydrogens is 410 g/mol. The van der Waals surface area contributed by atoms with Crippen LogP contribution < -0.4 is 10.4 Å². The van der Waals surface area contributed by atoms with Crippen molar-refractivity contribution in [2.45, 2.75) is 17.9 Å². The Labute approximate surface area is 184 Å². The van der Waals surface area contributed by atoms with Gasteiger partial charge in [0.25, 0.3) is 0 Å². The zero-order valence-corrected chi connectivity index (χ0v) is 17.5. The molecule has 2 aromatic carbocycles. The lowest BCUT2D eigenvalue weighted by atomic mass is 10.1. The number of rotatable bonds is 8. The van der Waals surface area contributed by atoms with Crippen molar-refractivity contribution < 1.29 is 14.3 Å². The first-order valence-corrected chi connectivity index (χ1v) is 10.8. The molecule has 0 bridgehead atoms. The predicted molar refractivity (Wildman–Crippen MR) is 122 cm³/mol. The molecule has 0 atom stereocenters. The van der Waals surface area contributed by atoms with Crippen LogP contribution in [0, 0.1) is 0 Å². The van der Waals surface area contributed by atoms with Crippen LogP contribution in [-0.4, -0.2) is 15.8 Å². The van der Waals surface area contributed by atoms with E-state index in [1.807, 2.05) is 48.5 Å². The molecule has 0 fully saturated rings. The summed E-state index contributed by atoms with van der Waals surface area (Å²) < 4.78 is 11.2. The Morgan fingerprint density at radius 2 is 1.74 bits per heavy atom. The maximum atomic E-state index is 12.4. The second-order valence-electron chi connectivity index (χ2n) is 6.83. The first-order valence-electron chi connectivity index (χ1n) is 9.86.